The standard InChI is InChI=1S/C22H26N2O4S2/c1-4-19-22(26)23-18-14-17(9-10-20(18)29-19)30(27,28)12-11-21(25)24(5-2)16-8-6-7-15(3)13-16/h6-10,13-14,19H,4-5,11-12H2,1-3H3,(H,23,26). The molecule has 1 aliphatic rings. The van der Waals surface area contributed by atoms with Crippen molar-refractivity contribution in [1.82, 2.24) is 0 Å². The Balaban J connectivity index is 1.73. The maximum Gasteiger partial charge on any atom is 0.237 e. The molecule has 30 heavy (non-hydrogen) atoms. The van der Waals surface area contributed by atoms with E-state index in [1.54, 1.807) is 17.0 Å². The topological polar surface area (TPSA) is 83.6 Å². The predicted molar refractivity (Wildman–Crippen MR) is 121 cm³/mol. The summed E-state index contributed by atoms with van der Waals surface area (Å²) in [6, 6.07) is 12.3. The highest BCUT2D eigenvalue weighted by Gasteiger charge is 2.27. The highest BCUT2D eigenvalue weighted by molar-refractivity contribution is 8.01. The molecule has 0 saturated carbocycles. The van der Waals surface area contributed by atoms with Crippen LogP contribution in [0, 0.1) is 6.92 Å². The smallest absolute Gasteiger partial charge is 0.237 e. The zero-order valence-corrected chi connectivity index (χ0v) is 19.0. The number of rotatable bonds is 7. The number of hydrogen-bond acceptors (Lipinski definition) is 5. The summed E-state index contributed by atoms with van der Waals surface area (Å²) in [6.45, 7) is 6.21. The van der Waals surface area contributed by atoms with Gasteiger partial charge < -0.3 is 10.2 Å². The van der Waals surface area contributed by atoms with E-state index in [0.29, 0.717) is 18.7 Å². The lowest BCUT2D eigenvalue weighted by atomic mass is 10.2. The van der Waals surface area contributed by atoms with Crippen molar-refractivity contribution in [2.45, 2.75) is 48.7 Å². The first kappa shape index (κ1) is 22.4. The molecule has 0 aliphatic carbocycles. The molecule has 1 atom stereocenters. The van der Waals surface area contributed by atoms with E-state index in [1.807, 2.05) is 45.0 Å². The maximum atomic E-state index is 12.8. The number of hydrogen-bond donors (Lipinski definition) is 1. The third-order valence-electron chi connectivity index (χ3n) is 5.02. The highest BCUT2D eigenvalue weighted by Crippen LogP contribution is 2.38. The van der Waals surface area contributed by atoms with Crippen LogP contribution in [-0.4, -0.2) is 37.8 Å². The number of benzene rings is 2. The van der Waals surface area contributed by atoms with Crippen LogP contribution in [0.3, 0.4) is 0 Å². The van der Waals surface area contributed by atoms with Crippen molar-refractivity contribution in [2.24, 2.45) is 0 Å². The lowest BCUT2D eigenvalue weighted by Gasteiger charge is -2.23. The van der Waals surface area contributed by atoms with Gasteiger partial charge in [-0.2, -0.15) is 0 Å². The third-order valence-corrected chi connectivity index (χ3v) is 8.17. The Morgan fingerprint density at radius 1 is 1.17 bits per heavy atom. The van der Waals surface area contributed by atoms with Crippen LogP contribution in [0.15, 0.2) is 52.3 Å². The molecule has 1 heterocycles. The first-order valence-electron chi connectivity index (χ1n) is 9.96. The quantitative estimate of drug-likeness (QED) is 0.694. The number of carbonyl (C=O) groups excluding carboxylic acids is 2. The molecular formula is C22H26N2O4S2. The highest BCUT2D eigenvalue weighted by atomic mass is 32.2. The van der Waals surface area contributed by atoms with Crippen LogP contribution in [0.5, 0.6) is 0 Å². The van der Waals surface area contributed by atoms with Crippen LogP contribution < -0.4 is 10.2 Å². The van der Waals surface area contributed by atoms with Crippen molar-refractivity contribution in [3.63, 3.8) is 0 Å². The number of fused-ring (bicyclic) bond motifs is 1. The van der Waals surface area contributed by atoms with Crippen LogP contribution in [-0.2, 0) is 19.4 Å². The Morgan fingerprint density at radius 3 is 2.60 bits per heavy atom. The molecule has 160 valence electrons. The van der Waals surface area contributed by atoms with Crippen molar-refractivity contribution in [2.75, 3.05) is 22.5 Å². The monoisotopic (exact) mass is 446 g/mol. The van der Waals surface area contributed by atoms with E-state index in [9.17, 15) is 18.0 Å². The van der Waals surface area contributed by atoms with Crippen LogP contribution in [0.25, 0.3) is 0 Å². The number of nitrogens with zero attached hydrogens (tertiary/aromatic N) is 1. The molecule has 0 bridgehead atoms. The lowest BCUT2D eigenvalue weighted by molar-refractivity contribution is -0.118. The predicted octanol–water partition coefficient (Wildman–Crippen LogP) is 4.03. The van der Waals surface area contributed by atoms with Crippen LogP contribution in [0.1, 0.15) is 32.3 Å². The van der Waals surface area contributed by atoms with Gasteiger partial charge in [-0.3, -0.25) is 9.59 Å². The average molecular weight is 447 g/mol. The molecule has 1 unspecified atom stereocenters. The first-order valence-corrected chi connectivity index (χ1v) is 12.5. The SMILES string of the molecule is CCC1Sc2ccc(S(=O)(=O)CCC(=O)N(CC)c3cccc(C)c3)cc2NC1=O. The number of nitrogens with one attached hydrogen (secondary N) is 1. The fourth-order valence-corrected chi connectivity index (χ4v) is 5.64. The van der Waals surface area contributed by atoms with Crippen molar-refractivity contribution in [1.29, 1.82) is 0 Å². The van der Waals surface area contributed by atoms with Gasteiger partial charge in [-0.1, -0.05) is 19.1 Å². The number of anilines is 2. The Bertz CT molecular complexity index is 1070. The summed E-state index contributed by atoms with van der Waals surface area (Å²) in [5.41, 5.74) is 2.31. The summed E-state index contributed by atoms with van der Waals surface area (Å²) in [7, 11) is -3.67. The molecule has 2 amide bonds. The molecule has 2 aromatic carbocycles. The Labute approximate surface area is 182 Å². The number of sulfone groups is 1. The third kappa shape index (κ3) is 4.87. The molecule has 0 saturated heterocycles. The second-order valence-corrected chi connectivity index (χ2v) is 10.6. The van der Waals surface area contributed by atoms with E-state index in [1.165, 1.54) is 17.8 Å². The number of thioether (sulfide) groups is 1. The number of carbonyl (C=O) groups is 2. The van der Waals surface area contributed by atoms with E-state index in [4.69, 9.17) is 0 Å². The van der Waals surface area contributed by atoms with E-state index in [0.717, 1.165) is 16.1 Å². The van der Waals surface area contributed by atoms with Gasteiger partial charge >= 0.3 is 0 Å². The minimum atomic E-state index is -3.67. The number of amides is 2. The minimum Gasteiger partial charge on any atom is -0.324 e. The maximum absolute atomic E-state index is 12.8. The van der Waals surface area contributed by atoms with Crippen molar-refractivity contribution in [3.8, 4) is 0 Å². The molecule has 6 nitrogen and oxygen atoms in total. The Morgan fingerprint density at radius 2 is 1.93 bits per heavy atom. The van der Waals surface area contributed by atoms with Crippen LogP contribution in [0.4, 0.5) is 11.4 Å². The van der Waals surface area contributed by atoms with Gasteiger partial charge in [0.25, 0.3) is 0 Å². The van der Waals surface area contributed by atoms with Crippen LogP contribution in [0.2, 0.25) is 0 Å². The van der Waals surface area contributed by atoms with Gasteiger partial charge in [0.1, 0.15) is 0 Å². The molecule has 0 fully saturated rings. The largest absolute Gasteiger partial charge is 0.324 e. The zero-order chi connectivity index (χ0) is 21.9. The second-order valence-electron chi connectivity index (χ2n) is 7.21. The fraction of sp³-hybridized carbons (Fsp3) is 0.364. The summed E-state index contributed by atoms with van der Waals surface area (Å²) >= 11 is 1.44. The number of aryl methyl sites for hydroxylation is 1. The Hall–Kier alpha value is -2.32. The van der Waals surface area contributed by atoms with Gasteiger partial charge in [0.15, 0.2) is 9.84 Å². The van der Waals surface area contributed by atoms with Gasteiger partial charge in [-0.25, -0.2) is 8.42 Å². The fourth-order valence-electron chi connectivity index (χ4n) is 3.36. The second kappa shape index (κ2) is 9.22. The molecule has 0 radical (unpaired) electrons. The summed E-state index contributed by atoms with van der Waals surface area (Å²) < 4.78 is 25.7. The van der Waals surface area contributed by atoms with E-state index < -0.39 is 9.84 Å². The molecule has 1 aliphatic heterocycles. The molecule has 0 spiro atoms. The van der Waals surface area contributed by atoms with Crippen molar-refractivity contribution in [3.05, 3.63) is 48.0 Å². The summed E-state index contributed by atoms with van der Waals surface area (Å²) in [5.74, 6) is -0.637. The van der Waals surface area contributed by atoms with E-state index in [-0.39, 0.29) is 34.1 Å². The van der Waals surface area contributed by atoms with Gasteiger partial charge in [-0.05, 0) is 56.2 Å². The zero-order valence-electron chi connectivity index (χ0n) is 17.3. The average Bonchev–Trinajstić information content (AvgIpc) is 2.72. The Kier molecular flexibility index (Phi) is 6.88. The molecule has 2 aromatic rings. The van der Waals surface area contributed by atoms with E-state index in [2.05, 4.69) is 5.32 Å². The molecule has 0 aromatic heterocycles. The van der Waals surface area contributed by atoms with Gasteiger partial charge in [-0.15, -0.1) is 11.8 Å². The summed E-state index contributed by atoms with van der Waals surface area (Å²) in [6.07, 6.45) is 0.590. The van der Waals surface area contributed by atoms with Crippen molar-refractivity contribution >= 4 is 44.8 Å². The summed E-state index contributed by atoms with van der Waals surface area (Å²) in [5, 5.41) is 2.63. The first-order chi connectivity index (χ1) is 14.2. The van der Waals surface area contributed by atoms with Crippen molar-refractivity contribution < 1.29 is 18.0 Å². The van der Waals surface area contributed by atoms with Gasteiger partial charge in [0.2, 0.25) is 11.8 Å². The molecule has 8 heteroatoms. The van der Waals surface area contributed by atoms with Gasteiger partial charge in [0, 0.05) is 23.5 Å². The molecule has 1 N–H and O–H groups in total. The van der Waals surface area contributed by atoms with Gasteiger partial charge in [0.05, 0.1) is 21.6 Å². The minimum absolute atomic E-state index is 0.111. The molecule has 3 rings (SSSR count). The molecular weight excluding hydrogens is 420 g/mol. The lowest BCUT2D eigenvalue weighted by Crippen LogP contribution is -2.32. The van der Waals surface area contributed by atoms with Crippen LogP contribution >= 0.6 is 11.8 Å². The summed E-state index contributed by atoms with van der Waals surface area (Å²) in [4.78, 5) is 27.4. The van der Waals surface area contributed by atoms with E-state index >= 15 is 0 Å². The normalized spacial score (nSPS) is 16.0.